The number of hydrogen-bond donors (Lipinski definition) is 3. The van der Waals surface area contributed by atoms with E-state index in [0.29, 0.717) is 18.1 Å². The van der Waals surface area contributed by atoms with Crippen LogP contribution in [0.3, 0.4) is 0 Å². The number of hydrogen-bond acceptors (Lipinski definition) is 3. The third-order valence-corrected chi connectivity index (χ3v) is 5.53. The van der Waals surface area contributed by atoms with Crippen LogP contribution in [0.4, 0.5) is 0 Å². The van der Waals surface area contributed by atoms with E-state index in [-0.39, 0.29) is 6.17 Å². The highest BCUT2D eigenvalue weighted by molar-refractivity contribution is 4.97. The molecule has 4 N–H and O–H groups in total. The van der Waals surface area contributed by atoms with Gasteiger partial charge in [0.05, 0.1) is 6.17 Å². The lowest BCUT2D eigenvalue weighted by Crippen LogP contribution is -2.63. The van der Waals surface area contributed by atoms with Crippen LogP contribution in [0.1, 0.15) is 58.3 Å². The molecule has 2 aliphatic heterocycles. The Hall–Kier alpha value is -0.120. The van der Waals surface area contributed by atoms with Crippen LogP contribution in [0, 0.1) is 11.8 Å². The van der Waals surface area contributed by atoms with Crippen LogP contribution >= 0.6 is 0 Å². The van der Waals surface area contributed by atoms with Crippen LogP contribution in [0.2, 0.25) is 0 Å². The summed E-state index contributed by atoms with van der Waals surface area (Å²) in [5, 5.41) is 7.51. The Balaban J connectivity index is 1.63. The maximum Gasteiger partial charge on any atom is 0.0580 e. The fourth-order valence-electron chi connectivity index (χ4n) is 4.54. The summed E-state index contributed by atoms with van der Waals surface area (Å²) in [4.78, 5) is 0. The zero-order valence-electron chi connectivity index (χ0n) is 11.7. The molecule has 0 amide bonds. The van der Waals surface area contributed by atoms with Crippen molar-refractivity contribution in [3.63, 3.8) is 0 Å². The smallest absolute Gasteiger partial charge is 0.0580 e. The molecule has 0 aromatic carbocycles. The minimum absolute atomic E-state index is 0.244. The summed E-state index contributed by atoms with van der Waals surface area (Å²) in [6, 6.07) is 1.95. The number of nitrogens with two attached hydrogens (primary N) is 1. The summed E-state index contributed by atoms with van der Waals surface area (Å²) in [5.74, 6) is 1.63. The molecule has 0 radical (unpaired) electrons. The van der Waals surface area contributed by atoms with Crippen LogP contribution in [0.25, 0.3) is 0 Å². The van der Waals surface area contributed by atoms with E-state index < -0.39 is 0 Å². The van der Waals surface area contributed by atoms with Gasteiger partial charge in [-0.25, -0.2) is 0 Å². The molecule has 0 spiro atoms. The van der Waals surface area contributed by atoms with E-state index in [2.05, 4.69) is 17.6 Å². The van der Waals surface area contributed by atoms with Crippen molar-refractivity contribution in [3.8, 4) is 0 Å². The molecule has 1 saturated carbocycles. The van der Waals surface area contributed by atoms with Gasteiger partial charge in [0.15, 0.2) is 0 Å². The molecule has 3 heteroatoms. The molecule has 3 nitrogen and oxygen atoms in total. The molecule has 6 atom stereocenters. The molecule has 18 heavy (non-hydrogen) atoms. The average molecular weight is 251 g/mol. The molecule has 2 heterocycles. The monoisotopic (exact) mass is 251 g/mol. The van der Waals surface area contributed by atoms with Crippen LogP contribution < -0.4 is 16.4 Å². The van der Waals surface area contributed by atoms with Crippen LogP contribution in [0.15, 0.2) is 0 Å². The van der Waals surface area contributed by atoms with Gasteiger partial charge in [-0.15, -0.1) is 0 Å². The summed E-state index contributed by atoms with van der Waals surface area (Å²) in [6.07, 6.45) is 11.2. The van der Waals surface area contributed by atoms with Crippen molar-refractivity contribution < 1.29 is 0 Å². The molecular weight excluding hydrogens is 222 g/mol. The van der Waals surface area contributed by atoms with E-state index in [1.807, 2.05) is 0 Å². The third kappa shape index (κ3) is 2.59. The molecule has 0 aromatic rings. The van der Waals surface area contributed by atoms with E-state index in [9.17, 15) is 0 Å². The van der Waals surface area contributed by atoms with Crippen molar-refractivity contribution >= 4 is 0 Å². The van der Waals surface area contributed by atoms with E-state index in [1.54, 1.807) is 0 Å². The predicted molar refractivity (Wildman–Crippen MR) is 75.2 cm³/mol. The number of rotatable bonds is 1. The van der Waals surface area contributed by atoms with Gasteiger partial charge >= 0.3 is 0 Å². The lowest BCUT2D eigenvalue weighted by Gasteiger charge is -2.47. The molecule has 104 valence electrons. The SMILES string of the molecule is CC1CCCC(C2CC3CCCCC3C(N)N2)N1. The predicted octanol–water partition coefficient (Wildman–Crippen LogP) is 1.97. The van der Waals surface area contributed by atoms with Gasteiger partial charge in [0.25, 0.3) is 0 Å². The van der Waals surface area contributed by atoms with Gasteiger partial charge in [0, 0.05) is 18.1 Å². The summed E-state index contributed by atoms with van der Waals surface area (Å²) >= 11 is 0. The van der Waals surface area contributed by atoms with Crippen molar-refractivity contribution in [1.82, 2.24) is 10.6 Å². The highest BCUT2D eigenvalue weighted by Crippen LogP contribution is 2.38. The molecule has 3 aliphatic rings. The minimum Gasteiger partial charge on any atom is -0.316 e. The van der Waals surface area contributed by atoms with Crippen molar-refractivity contribution in [2.45, 2.75) is 82.6 Å². The van der Waals surface area contributed by atoms with Crippen LogP contribution in [0.5, 0.6) is 0 Å². The summed E-state index contributed by atoms with van der Waals surface area (Å²) in [6.45, 7) is 2.32. The molecule has 0 bridgehead atoms. The minimum atomic E-state index is 0.244. The molecule has 2 saturated heterocycles. The van der Waals surface area contributed by atoms with Gasteiger partial charge in [0.2, 0.25) is 0 Å². The van der Waals surface area contributed by atoms with Crippen LogP contribution in [-0.2, 0) is 0 Å². The fourth-order valence-corrected chi connectivity index (χ4v) is 4.54. The van der Waals surface area contributed by atoms with E-state index in [4.69, 9.17) is 5.73 Å². The number of piperidine rings is 2. The Labute approximate surface area is 111 Å². The Morgan fingerprint density at radius 2 is 1.72 bits per heavy atom. The quantitative estimate of drug-likeness (QED) is 0.668. The lowest BCUT2D eigenvalue weighted by molar-refractivity contribution is 0.0841. The van der Waals surface area contributed by atoms with Crippen LogP contribution in [-0.4, -0.2) is 24.3 Å². The first kappa shape index (κ1) is 12.9. The van der Waals surface area contributed by atoms with Gasteiger partial charge < -0.3 is 11.1 Å². The average Bonchev–Trinajstić information content (AvgIpc) is 2.39. The number of fused-ring (bicyclic) bond motifs is 1. The summed E-state index contributed by atoms with van der Waals surface area (Å²) < 4.78 is 0. The first-order valence-corrected chi connectivity index (χ1v) is 8.01. The highest BCUT2D eigenvalue weighted by Gasteiger charge is 2.39. The standard InChI is InChI=1S/C15H29N3/c1-10-5-4-8-13(17-10)14-9-11-6-2-3-7-12(11)15(16)18-14/h10-15,17-18H,2-9,16H2,1H3. The second kappa shape index (κ2) is 5.48. The Morgan fingerprint density at radius 3 is 2.56 bits per heavy atom. The van der Waals surface area contributed by atoms with Gasteiger partial charge in [-0.1, -0.05) is 25.7 Å². The molecule has 3 fully saturated rings. The largest absolute Gasteiger partial charge is 0.316 e. The summed E-state index contributed by atoms with van der Waals surface area (Å²) in [5.41, 5.74) is 6.38. The van der Waals surface area contributed by atoms with E-state index in [0.717, 1.165) is 11.8 Å². The zero-order chi connectivity index (χ0) is 12.5. The first-order chi connectivity index (χ1) is 8.74. The van der Waals surface area contributed by atoms with Gasteiger partial charge in [-0.05, 0) is 44.4 Å². The van der Waals surface area contributed by atoms with Crippen molar-refractivity contribution in [2.75, 3.05) is 0 Å². The van der Waals surface area contributed by atoms with Crippen molar-refractivity contribution in [2.24, 2.45) is 17.6 Å². The zero-order valence-corrected chi connectivity index (χ0v) is 11.7. The molecule has 6 unspecified atom stereocenters. The second-order valence-corrected chi connectivity index (χ2v) is 6.85. The maximum atomic E-state index is 6.38. The topological polar surface area (TPSA) is 50.1 Å². The molecular formula is C15H29N3. The van der Waals surface area contributed by atoms with E-state index >= 15 is 0 Å². The molecule has 0 aromatic heterocycles. The fraction of sp³-hybridized carbons (Fsp3) is 1.00. The van der Waals surface area contributed by atoms with Gasteiger partial charge in [0.1, 0.15) is 0 Å². The van der Waals surface area contributed by atoms with Gasteiger partial charge in [-0.3, -0.25) is 5.32 Å². The first-order valence-electron chi connectivity index (χ1n) is 8.01. The lowest BCUT2D eigenvalue weighted by atomic mass is 9.70. The Kier molecular flexibility index (Phi) is 3.92. The second-order valence-electron chi connectivity index (χ2n) is 6.85. The molecule has 1 aliphatic carbocycles. The van der Waals surface area contributed by atoms with Gasteiger partial charge in [-0.2, -0.15) is 0 Å². The van der Waals surface area contributed by atoms with Crippen molar-refractivity contribution in [3.05, 3.63) is 0 Å². The highest BCUT2D eigenvalue weighted by atomic mass is 15.1. The maximum absolute atomic E-state index is 6.38. The Bertz CT molecular complexity index is 281. The van der Waals surface area contributed by atoms with Crippen molar-refractivity contribution in [1.29, 1.82) is 0 Å². The summed E-state index contributed by atoms with van der Waals surface area (Å²) in [7, 11) is 0. The third-order valence-electron chi connectivity index (χ3n) is 5.53. The van der Waals surface area contributed by atoms with E-state index in [1.165, 1.54) is 51.4 Å². The Morgan fingerprint density at radius 1 is 0.889 bits per heavy atom. The normalized spacial score (nSPS) is 49.7. The molecule has 3 rings (SSSR count). The number of nitrogens with one attached hydrogen (secondary N) is 2.